The van der Waals surface area contributed by atoms with E-state index in [0.717, 1.165) is 5.56 Å². The van der Waals surface area contributed by atoms with Crippen LogP contribution in [0.25, 0.3) is 0 Å². The van der Waals surface area contributed by atoms with Gasteiger partial charge in [0.15, 0.2) is 11.5 Å². The highest BCUT2D eigenvalue weighted by Crippen LogP contribution is 2.36. The van der Waals surface area contributed by atoms with Crippen LogP contribution in [-0.2, 0) is 6.42 Å². The number of halogens is 1. The summed E-state index contributed by atoms with van der Waals surface area (Å²) in [5.74, 6) is 0.434. The van der Waals surface area contributed by atoms with Gasteiger partial charge in [0, 0.05) is 0 Å². The van der Waals surface area contributed by atoms with Crippen molar-refractivity contribution in [3.63, 3.8) is 0 Å². The highest BCUT2D eigenvalue weighted by Gasteiger charge is 2.09. The first-order valence-electron chi connectivity index (χ1n) is 3.62. The number of nitriles is 1. The molecule has 0 aliphatic heterocycles. The third kappa shape index (κ3) is 1.93. The molecule has 3 nitrogen and oxygen atoms in total. The predicted molar refractivity (Wildman–Crippen MR) is 51.7 cm³/mol. The zero-order valence-corrected chi connectivity index (χ0v) is 8.63. The first kappa shape index (κ1) is 9.87. The normalized spacial score (nSPS) is 9.31. The van der Waals surface area contributed by atoms with Crippen LogP contribution in [0.3, 0.4) is 0 Å². The van der Waals surface area contributed by atoms with Crippen molar-refractivity contribution in [1.82, 2.24) is 0 Å². The van der Waals surface area contributed by atoms with Gasteiger partial charge in [-0.1, -0.05) is 6.07 Å². The minimum Gasteiger partial charge on any atom is -0.503 e. The highest BCUT2D eigenvalue weighted by molar-refractivity contribution is 9.10. The van der Waals surface area contributed by atoms with Crippen LogP contribution in [0.5, 0.6) is 11.5 Å². The number of hydrogen-bond donors (Lipinski definition) is 1. The summed E-state index contributed by atoms with van der Waals surface area (Å²) in [5, 5.41) is 18.0. The van der Waals surface area contributed by atoms with E-state index in [1.54, 1.807) is 12.1 Å². The summed E-state index contributed by atoms with van der Waals surface area (Å²) in [7, 11) is 1.48. The number of phenols is 1. The van der Waals surface area contributed by atoms with E-state index in [0.29, 0.717) is 10.2 Å². The Bertz CT molecular complexity index is 357. The molecule has 0 fully saturated rings. The number of rotatable bonds is 2. The van der Waals surface area contributed by atoms with E-state index in [2.05, 4.69) is 15.9 Å². The van der Waals surface area contributed by atoms with Crippen molar-refractivity contribution in [3.8, 4) is 17.6 Å². The van der Waals surface area contributed by atoms with E-state index < -0.39 is 0 Å². The van der Waals surface area contributed by atoms with Crippen molar-refractivity contribution in [2.24, 2.45) is 0 Å². The number of nitrogens with zero attached hydrogens (tertiary/aromatic N) is 1. The Morgan fingerprint density at radius 1 is 1.62 bits per heavy atom. The monoisotopic (exact) mass is 241 g/mol. The molecule has 68 valence electrons. The second kappa shape index (κ2) is 4.15. The van der Waals surface area contributed by atoms with Crippen LogP contribution in [0.1, 0.15) is 5.56 Å². The van der Waals surface area contributed by atoms with Crippen LogP contribution in [-0.4, -0.2) is 12.2 Å². The predicted octanol–water partition coefficient (Wildman–Crippen LogP) is 2.23. The summed E-state index contributed by atoms with van der Waals surface area (Å²) in [6.45, 7) is 0. The van der Waals surface area contributed by atoms with E-state index in [1.165, 1.54) is 7.11 Å². The van der Waals surface area contributed by atoms with Gasteiger partial charge in [0.1, 0.15) is 0 Å². The fourth-order valence-electron chi connectivity index (χ4n) is 0.975. The molecule has 0 aliphatic rings. The zero-order chi connectivity index (χ0) is 9.84. The molecule has 0 bridgehead atoms. The fourth-order valence-corrected chi connectivity index (χ4v) is 1.44. The number of hydrogen-bond acceptors (Lipinski definition) is 3. The molecule has 1 aromatic rings. The highest BCUT2D eigenvalue weighted by atomic mass is 79.9. The minimum atomic E-state index is 0.0373. The van der Waals surface area contributed by atoms with Crippen LogP contribution in [0.2, 0.25) is 0 Å². The first-order chi connectivity index (χ1) is 6.20. The maximum Gasteiger partial charge on any atom is 0.172 e. The summed E-state index contributed by atoms with van der Waals surface area (Å²) in [4.78, 5) is 0. The second-order valence-corrected chi connectivity index (χ2v) is 3.22. The van der Waals surface area contributed by atoms with E-state index in [4.69, 9.17) is 10.00 Å². The van der Waals surface area contributed by atoms with Crippen LogP contribution in [0.4, 0.5) is 0 Å². The quantitative estimate of drug-likeness (QED) is 0.865. The van der Waals surface area contributed by atoms with Crippen LogP contribution >= 0.6 is 15.9 Å². The Morgan fingerprint density at radius 3 is 2.85 bits per heavy atom. The maximum atomic E-state index is 9.52. The van der Waals surface area contributed by atoms with Crippen LogP contribution in [0.15, 0.2) is 16.6 Å². The Hall–Kier alpha value is -1.21. The summed E-state index contributed by atoms with van der Waals surface area (Å²) in [6.07, 6.45) is 0.262. The Labute approximate surface area is 84.7 Å². The van der Waals surface area contributed by atoms with E-state index in [9.17, 15) is 5.11 Å². The second-order valence-electron chi connectivity index (χ2n) is 2.42. The molecule has 0 aliphatic carbocycles. The average molecular weight is 242 g/mol. The van der Waals surface area contributed by atoms with Crippen molar-refractivity contribution < 1.29 is 9.84 Å². The van der Waals surface area contributed by atoms with Gasteiger partial charge in [-0.15, -0.1) is 0 Å². The largest absolute Gasteiger partial charge is 0.503 e. The molecule has 0 radical (unpaired) electrons. The SMILES string of the molecule is COc1ccc(CC#N)c(Br)c1O. The zero-order valence-electron chi connectivity index (χ0n) is 7.04. The molecule has 4 heteroatoms. The smallest absolute Gasteiger partial charge is 0.172 e. The van der Waals surface area contributed by atoms with Crippen molar-refractivity contribution in [3.05, 3.63) is 22.2 Å². The maximum absolute atomic E-state index is 9.52. The molecule has 1 aromatic carbocycles. The van der Waals surface area contributed by atoms with Gasteiger partial charge in [0.2, 0.25) is 0 Å². The topological polar surface area (TPSA) is 53.2 Å². The summed E-state index contributed by atoms with van der Waals surface area (Å²) >= 11 is 3.19. The van der Waals surface area contributed by atoms with Crippen molar-refractivity contribution in [1.29, 1.82) is 5.26 Å². The van der Waals surface area contributed by atoms with E-state index in [1.807, 2.05) is 6.07 Å². The summed E-state index contributed by atoms with van der Waals surface area (Å²) in [6, 6.07) is 5.38. The molecule has 0 heterocycles. The lowest BCUT2D eigenvalue weighted by molar-refractivity contribution is 0.371. The molecule has 0 saturated carbocycles. The molecule has 1 N–H and O–H groups in total. The van der Waals surface area contributed by atoms with Gasteiger partial charge in [0.05, 0.1) is 24.1 Å². The van der Waals surface area contributed by atoms with Crippen molar-refractivity contribution in [2.45, 2.75) is 6.42 Å². The Kier molecular flexibility index (Phi) is 3.15. The van der Waals surface area contributed by atoms with E-state index >= 15 is 0 Å². The van der Waals surface area contributed by atoms with Gasteiger partial charge in [-0.3, -0.25) is 0 Å². The summed E-state index contributed by atoms with van der Waals surface area (Å²) < 4.78 is 5.42. The number of ether oxygens (including phenoxy) is 1. The summed E-state index contributed by atoms with van der Waals surface area (Å²) in [5.41, 5.74) is 0.751. The number of aromatic hydroxyl groups is 1. The van der Waals surface area contributed by atoms with Gasteiger partial charge in [-0.2, -0.15) is 5.26 Å². The molecule has 13 heavy (non-hydrogen) atoms. The Morgan fingerprint density at radius 2 is 2.31 bits per heavy atom. The van der Waals surface area contributed by atoms with Crippen LogP contribution in [0, 0.1) is 11.3 Å². The molecule has 1 rings (SSSR count). The first-order valence-corrected chi connectivity index (χ1v) is 4.41. The number of phenolic OH excluding ortho intramolecular Hbond substituents is 1. The number of methoxy groups -OCH3 is 1. The van der Waals surface area contributed by atoms with Gasteiger partial charge in [-0.05, 0) is 27.6 Å². The molecule has 0 spiro atoms. The van der Waals surface area contributed by atoms with Gasteiger partial charge in [0.25, 0.3) is 0 Å². The third-order valence-electron chi connectivity index (χ3n) is 1.65. The molecular formula is C9H8BrNO2. The third-order valence-corrected chi connectivity index (χ3v) is 2.53. The number of benzene rings is 1. The van der Waals surface area contributed by atoms with Gasteiger partial charge >= 0.3 is 0 Å². The van der Waals surface area contributed by atoms with Crippen molar-refractivity contribution in [2.75, 3.05) is 7.11 Å². The molecule has 0 atom stereocenters. The lowest BCUT2D eigenvalue weighted by Gasteiger charge is -2.07. The lowest BCUT2D eigenvalue weighted by Crippen LogP contribution is -1.88. The molecular weight excluding hydrogens is 234 g/mol. The fraction of sp³-hybridized carbons (Fsp3) is 0.222. The van der Waals surface area contributed by atoms with Crippen LogP contribution < -0.4 is 4.74 Å². The molecule has 0 amide bonds. The molecule has 0 unspecified atom stereocenters. The van der Waals surface area contributed by atoms with Crippen molar-refractivity contribution >= 4 is 15.9 Å². The molecule has 0 saturated heterocycles. The van der Waals surface area contributed by atoms with Gasteiger partial charge in [-0.25, -0.2) is 0 Å². The minimum absolute atomic E-state index is 0.0373. The lowest BCUT2D eigenvalue weighted by atomic mass is 10.1. The Balaban J connectivity index is 3.17. The van der Waals surface area contributed by atoms with E-state index in [-0.39, 0.29) is 12.2 Å². The van der Waals surface area contributed by atoms with Gasteiger partial charge < -0.3 is 9.84 Å². The molecule has 0 aromatic heterocycles. The standard InChI is InChI=1S/C9H8BrNO2/c1-13-7-3-2-6(4-5-11)8(10)9(7)12/h2-3,12H,4H2,1H3. The average Bonchev–Trinajstić information content (AvgIpc) is 2.14.